The van der Waals surface area contributed by atoms with Crippen molar-refractivity contribution in [3.05, 3.63) is 60.6 Å². The molecule has 0 radical (unpaired) electrons. The molecule has 3 aromatic rings. The first-order valence-corrected chi connectivity index (χ1v) is 7.84. The van der Waals surface area contributed by atoms with Gasteiger partial charge in [0.05, 0.1) is 31.4 Å². The highest BCUT2D eigenvalue weighted by molar-refractivity contribution is 6.07. The Hall–Kier alpha value is -4.01. The van der Waals surface area contributed by atoms with Crippen LogP contribution in [-0.2, 0) is 0 Å². The van der Waals surface area contributed by atoms with E-state index in [-0.39, 0.29) is 11.4 Å². The number of carbonyl (C=O) groups is 1. The summed E-state index contributed by atoms with van der Waals surface area (Å²) in [7, 11) is 1.49. The number of nitrogens with two attached hydrogens (primary N) is 1. The van der Waals surface area contributed by atoms with Gasteiger partial charge in [-0.25, -0.2) is 9.98 Å². The normalized spacial score (nSPS) is 10.6. The minimum absolute atomic E-state index is 0.149. The Kier molecular flexibility index (Phi) is 5.53. The summed E-state index contributed by atoms with van der Waals surface area (Å²) in [5, 5.41) is 2.67. The monoisotopic (exact) mass is 364 g/mol. The van der Waals surface area contributed by atoms with Gasteiger partial charge in [0.1, 0.15) is 17.3 Å². The van der Waals surface area contributed by atoms with Crippen LogP contribution in [0.4, 0.5) is 11.6 Å². The summed E-state index contributed by atoms with van der Waals surface area (Å²) in [6.45, 7) is 0. The first kappa shape index (κ1) is 17.8. The summed E-state index contributed by atoms with van der Waals surface area (Å²) in [4.78, 5) is 28.9. The van der Waals surface area contributed by atoms with Crippen LogP contribution in [0, 0.1) is 0 Å². The fourth-order valence-corrected chi connectivity index (χ4v) is 2.16. The van der Waals surface area contributed by atoms with Crippen LogP contribution >= 0.6 is 0 Å². The number of aromatic nitrogens is 3. The lowest BCUT2D eigenvalue weighted by Gasteiger charge is -2.10. The van der Waals surface area contributed by atoms with E-state index in [0.29, 0.717) is 23.2 Å². The highest BCUT2D eigenvalue weighted by Gasteiger charge is 2.15. The topological polar surface area (TPSA) is 125 Å². The quantitative estimate of drug-likeness (QED) is 0.508. The molecule has 0 saturated carbocycles. The predicted molar refractivity (Wildman–Crippen MR) is 99.6 cm³/mol. The Morgan fingerprint density at radius 2 is 2.11 bits per heavy atom. The number of methoxy groups -OCH3 is 1. The Balaban J connectivity index is 1.88. The molecule has 3 rings (SSSR count). The first-order chi connectivity index (χ1) is 13.2. The third-order valence-corrected chi connectivity index (χ3v) is 3.33. The van der Waals surface area contributed by atoms with Crippen molar-refractivity contribution in [1.82, 2.24) is 15.0 Å². The van der Waals surface area contributed by atoms with Gasteiger partial charge in [0.2, 0.25) is 5.88 Å². The van der Waals surface area contributed by atoms with Crippen LogP contribution in [0.1, 0.15) is 10.4 Å². The van der Waals surface area contributed by atoms with E-state index in [1.54, 1.807) is 42.7 Å². The van der Waals surface area contributed by atoms with Gasteiger partial charge in [-0.3, -0.25) is 9.78 Å². The van der Waals surface area contributed by atoms with Crippen molar-refractivity contribution in [3.8, 4) is 17.4 Å². The molecule has 0 fully saturated rings. The van der Waals surface area contributed by atoms with E-state index < -0.39 is 5.91 Å². The number of nitrogens with one attached hydrogen (secondary N) is 1. The molecule has 9 nitrogen and oxygen atoms in total. The summed E-state index contributed by atoms with van der Waals surface area (Å²) in [5.41, 5.74) is 5.52. The zero-order valence-corrected chi connectivity index (χ0v) is 14.4. The second kappa shape index (κ2) is 8.39. The molecule has 0 bridgehead atoms. The number of nitrogens with zero attached hydrogens (tertiary/aromatic N) is 4. The van der Waals surface area contributed by atoms with E-state index in [0.717, 1.165) is 6.34 Å². The van der Waals surface area contributed by atoms with Gasteiger partial charge in [0, 0.05) is 12.3 Å². The molecule has 0 aliphatic carbocycles. The SMILES string of the molecule is COc1cccc(NC(=O)c2cc(Oc3cccnc3)cnc2/N=C\N)n1. The van der Waals surface area contributed by atoms with Crippen molar-refractivity contribution in [1.29, 1.82) is 0 Å². The molecule has 0 aliphatic heterocycles. The molecule has 1 amide bonds. The van der Waals surface area contributed by atoms with Crippen molar-refractivity contribution < 1.29 is 14.3 Å². The highest BCUT2D eigenvalue weighted by Crippen LogP contribution is 2.26. The number of amides is 1. The maximum Gasteiger partial charge on any atom is 0.260 e. The van der Waals surface area contributed by atoms with E-state index in [1.807, 2.05) is 0 Å². The van der Waals surface area contributed by atoms with Crippen LogP contribution < -0.4 is 20.5 Å². The number of anilines is 1. The van der Waals surface area contributed by atoms with Crippen molar-refractivity contribution in [2.45, 2.75) is 0 Å². The first-order valence-electron chi connectivity index (χ1n) is 7.84. The minimum atomic E-state index is -0.472. The summed E-state index contributed by atoms with van der Waals surface area (Å²) in [6.07, 6.45) is 5.68. The molecule has 3 N–H and O–H groups in total. The highest BCUT2D eigenvalue weighted by atomic mass is 16.5. The van der Waals surface area contributed by atoms with Crippen LogP contribution in [-0.4, -0.2) is 34.3 Å². The lowest BCUT2D eigenvalue weighted by molar-refractivity contribution is 0.102. The summed E-state index contributed by atoms with van der Waals surface area (Å²) < 4.78 is 10.7. The third-order valence-electron chi connectivity index (χ3n) is 3.33. The molecule has 3 heterocycles. The zero-order chi connectivity index (χ0) is 19.1. The number of aliphatic imine (C=N–C) groups is 1. The number of hydrogen-bond acceptors (Lipinski definition) is 7. The molecule has 0 spiro atoms. The Morgan fingerprint density at radius 1 is 1.22 bits per heavy atom. The molecule has 9 heteroatoms. The van der Waals surface area contributed by atoms with E-state index in [4.69, 9.17) is 15.2 Å². The predicted octanol–water partition coefficient (Wildman–Crippen LogP) is 2.54. The number of rotatable bonds is 6. The van der Waals surface area contributed by atoms with Gasteiger partial charge in [-0.2, -0.15) is 4.98 Å². The van der Waals surface area contributed by atoms with Crippen molar-refractivity contribution >= 4 is 23.9 Å². The smallest absolute Gasteiger partial charge is 0.260 e. The zero-order valence-electron chi connectivity index (χ0n) is 14.4. The fraction of sp³-hybridized carbons (Fsp3) is 0.0556. The molecule has 0 unspecified atom stereocenters. The van der Waals surface area contributed by atoms with Gasteiger partial charge in [-0.1, -0.05) is 6.07 Å². The molecule has 3 aromatic heterocycles. The Bertz CT molecular complexity index is 962. The van der Waals surface area contributed by atoms with E-state index >= 15 is 0 Å². The molecule has 136 valence electrons. The standard InChI is InChI=1S/C18H16N6O3/c1-26-16-6-2-5-15(23-16)24-18(25)14-8-13(10-21-17(14)22-11-19)27-12-4-3-7-20-9-12/h2-11H,1H3,(H2,19,21,22)(H,23,24,25). The van der Waals surface area contributed by atoms with Crippen LogP contribution in [0.2, 0.25) is 0 Å². The van der Waals surface area contributed by atoms with Crippen molar-refractivity contribution in [2.75, 3.05) is 12.4 Å². The Labute approximate surface area is 154 Å². The number of pyridine rings is 3. The second-order valence-corrected chi connectivity index (χ2v) is 5.13. The van der Waals surface area contributed by atoms with Gasteiger partial charge in [0.25, 0.3) is 5.91 Å². The lowest BCUT2D eigenvalue weighted by Crippen LogP contribution is -2.14. The van der Waals surface area contributed by atoms with Gasteiger partial charge in [0.15, 0.2) is 5.82 Å². The maximum atomic E-state index is 12.7. The van der Waals surface area contributed by atoms with Crippen LogP contribution in [0.15, 0.2) is 60.0 Å². The van der Waals surface area contributed by atoms with Crippen LogP contribution in [0.5, 0.6) is 17.4 Å². The summed E-state index contributed by atoms with van der Waals surface area (Å²) >= 11 is 0. The molecule has 0 aromatic carbocycles. The number of carbonyl (C=O) groups excluding carboxylic acids is 1. The Morgan fingerprint density at radius 3 is 2.85 bits per heavy atom. The fourth-order valence-electron chi connectivity index (χ4n) is 2.16. The second-order valence-electron chi connectivity index (χ2n) is 5.13. The van der Waals surface area contributed by atoms with Gasteiger partial charge >= 0.3 is 0 Å². The van der Waals surface area contributed by atoms with Crippen LogP contribution in [0.25, 0.3) is 0 Å². The lowest BCUT2D eigenvalue weighted by atomic mass is 10.2. The van der Waals surface area contributed by atoms with E-state index in [9.17, 15) is 4.79 Å². The third kappa shape index (κ3) is 4.54. The van der Waals surface area contributed by atoms with Gasteiger partial charge in [-0.15, -0.1) is 0 Å². The van der Waals surface area contributed by atoms with Crippen molar-refractivity contribution in [2.24, 2.45) is 10.7 Å². The van der Waals surface area contributed by atoms with Gasteiger partial charge < -0.3 is 20.5 Å². The molecule has 0 aliphatic rings. The molecular formula is C18H16N6O3. The molecular weight excluding hydrogens is 348 g/mol. The molecule has 27 heavy (non-hydrogen) atoms. The van der Waals surface area contributed by atoms with E-state index in [1.165, 1.54) is 19.4 Å². The number of ether oxygens (including phenoxy) is 2. The van der Waals surface area contributed by atoms with Crippen LogP contribution in [0.3, 0.4) is 0 Å². The number of hydrogen-bond donors (Lipinski definition) is 2. The van der Waals surface area contributed by atoms with E-state index in [2.05, 4.69) is 25.3 Å². The minimum Gasteiger partial charge on any atom is -0.481 e. The summed E-state index contributed by atoms with van der Waals surface area (Å²) in [5.74, 6) is 1.23. The average Bonchev–Trinajstić information content (AvgIpc) is 2.70. The summed E-state index contributed by atoms with van der Waals surface area (Å²) in [6, 6.07) is 9.99. The molecule has 0 atom stereocenters. The van der Waals surface area contributed by atoms with Gasteiger partial charge in [-0.05, 0) is 24.3 Å². The van der Waals surface area contributed by atoms with Crippen molar-refractivity contribution in [3.63, 3.8) is 0 Å². The molecule has 0 saturated heterocycles. The largest absolute Gasteiger partial charge is 0.481 e. The average molecular weight is 364 g/mol. The maximum absolute atomic E-state index is 12.7.